The van der Waals surface area contributed by atoms with Crippen molar-refractivity contribution in [1.29, 1.82) is 0 Å². The zero-order valence-corrected chi connectivity index (χ0v) is 10.6. The molecule has 6 heteroatoms. The zero-order valence-electron chi connectivity index (χ0n) is 10.6. The number of aliphatic hydroxyl groups is 1. The standard InChI is InChI=1S/C11H19F2NO3/c1-9(2,3)17-8(16)14(4)6-10(7-15)5-11(10,12)13/h15H,5-7H2,1-4H3/t10-/m1/s1. The van der Waals surface area contributed by atoms with Gasteiger partial charge in [-0.1, -0.05) is 0 Å². The Bertz CT molecular complexity index is 314. The van der Waals surface area contributed by atoms with Crippen LogP contribution in [0.25, 0.3) is 0 Å². The smallest absolute Gasteiger partial charge is 0.410 e. The van der Waals surface area contributed by atoms with Crippen LogP contribution in [0.15, 0.2) is 0 Å². The highest BCUT2D eigenvalue weighted by Gasteiger charge is 2.71. The zero-order chi connectivity index (χ0) is 13.5. The Kier molecular flexibility index (Phi) is 3.40. The molecule has 17 heavy (non-hydrogen) atoms. The molecule has 1 rings (SSSR count). The molecule has 0 aromatic rings. The molecule has 1 aliphatic carbocycles. The molecule has 1 fully saturated rings. The van der Waals surface area contributed by atoms with E-state index in [1.165, 1.54) is 7.05 Å². The molecular formula is C11H19F2NO3. The maximum Gasteiger partial charge on any atom is 0.410 e. The van der Waals surface area contributed by atoms with Gasteiger partial charge in [0, 0.05) is 20.0 Å². The summed E-state index contributed by atoms with van der Waals surface area (Å²) >= 11 is 0. The molecular weight excluding hydrogens is 232 g/mol. The third-order valence-electron chi connectivity index (χ3n) is 2.76. The second-order valence-corrected chi connectivity index (χ2v) is 5.66. The van der Waals surface area contributed by atoms with E-state index in [-0.39, 0.29) is 13.0 Å². The summed E-state index contributed by atoms with van der Waals surface area (Å²) in [5.41, 5.74) is -2.15. The lowest BCUT2D eigenvalue weighted by Crippen LogP contribution is -2.40. The average Bonchev–Trinajstić information content (AvgIpc) is 2.65. The van der Waals surface area contributed by atoms with Crippen LogP contribution in [0.5, 0.6) is 0 Å². The second-order valence-electron chi connectivity index (χ2n) is 5.66. The van der Waals surface area contributed by atoms with Crippen molar-refractivity contribution in [2.75, 3.05) is 20.2 Å². The van der Waals surface area contributed by atoms with Crippen molar-refractivity contribution in [3.05, 3.63) is 0 Å². The van der Waals surface area contributed by atoms with E-state index in [1.54, 1.807) is 20.8 Å². The highest BCUT2D eigenvalue weighted by molar-refractivity contribution is 5.67. The fourth-order valence-electron chi connectivity index (χ4n) is 1.63. The van der Waals surface area contributed by atoms with E-state index in [1.807, 2.05) is 0 Å². The van der Waals surface area contributed by atoms with Crippen molar-refractivity contribution < 1.29 is 23.4 Å². The van der Waals surface area contributed by atoms with E-state index in [4.69, 9.17) is 9.84 Å². The van der Waals surface area contributed by atoms with Crippen molar-refractivity contribution >= 4 is 6.09 Å². The van der Waals surface area contributed by atoms with Gasteiger partial charge in [-0.2, -0.15) is 0 Å². The predicted octanol–water partition coefficient (Wildman–Crippen LogP) is 1.87. The molecule has 0 aromatic carbocycles. The van der Waals surface area contributed by atoms with Gasteiger partial charge in [-0.05, 0) is 20.8 Å². The number of aliphatic hydroxyl groups excluding tert-OH is 1. The predicted molar refractivity (Wildman–Crippen MR) is 57.9 cm³/mol. The number of amides is 1. The third kappa shape index (κ3) is 3.06. The molecule has 0 bridgehead atoms. The summed E-state index contributed by atoms with van der Waals surface area (Å²) in [7, 11) is 1.39. The van der Waals surface area contributed by atoms with Gasteiger partial charge in [0.2, 0.25) is 0 Å². The Morgan fingerprint density at radius 3 is 2.24 bits per heavy atom. The molecule has 4 nitrogen and oxygen atoms in total. The van der Waals surface area contributed by atoms with Crippen LogP contribution in [0.2, 0.25) is 0 Å². The fourth-order valence-corrected chi connectivity index (χ4v) is 1.63. The van der Waals surface area contributed by atoms with Crippen molar-refractivity contribution in [2.45, 2.75) is 38.7 Å². The summed E-state index contributed by atoms with van der Waals surface area (Å²) in [6, 6.07) is 0. The summed E-state index contributed by atoms with van der Waals surface area (Å²) in [6.45, 7) is 4.27. The van der Waals surface area contributed by atoms with Gasteiger partial charge in [0.25, 0.3) is 5.92 Å². The first kappa shape index (κ1) is 14.2. The average molecular weight is 251 g/mol. The topological polar surface area (TPSA) is 49.8 Å². The Balaban J connectivity index is 2.56. The highest BCUT2D eigenvalue weighted by Crippen LogP contribution is 2.60. The van der Waals surface area contributed by atoms with Crippen LogP contribution in [0.4, 0.5) is 13.6 Å². The summed E-state index contributed by atoms with van der Waals surface area (Å²) in [5, 5.41) is 9.00. The van der Waals surface area contributed by atoms with Crippen LogP contribution >= 0.6 is 0 Å². The molecule has 1 saturated carbocycles. The molecule has 1 aliphatic rings. The van der Waals surface area contributed by atoms with Crippen LogP contribution in [0.1, 0.15) is 27.2 Å². The summed E-state index contributed by atoms with van der Waals surface area (Å²) in [5.74, 6) is -2.89. The summed E-state index contributed by atoms with van der Waals surface area (Å²) < 4.78 is 31.2. The lowest BCUT2D eigenvalue weighted by Gasteiger charge is -2.27. The largest absolute Gasteiger partial charge is 0.444 e. The molecule has 0 unspecified atom stereocenters. The van der Waals surface area contributed by atoms with Crippen LogP contribution in [-0.4, -0.2) is 47.8 Å². The molecule has 0 radical (unpaired) electrons. The van der Waals surface area contributed by atoms with Crippen molar-refractivity contribution in [3.8, 4) is 0 Å². The molecule has 0 heterocycles. The normalized spacial score (nSPS) is 26.5. The van der Waals surface area contributed by atoms with Gasteiger partial charge in [0.15, 0.2) is 0 Å². The van der Waals surface area contributed by atoms with Crippen molar-refractivity contribution in [1.82, 2.24) is 4.90 Å². The van der Waals surface area contributed by atoms with E-state index in [9.17, 15) is 13.6 Å². The van der Waals surface area contributed by atoms with Gasteiger partial charge in [0.1, 0.15) is 5.60 Å². The number of halogens is 2. The maximum atomic E-state index is 13.1. The van der Waals surface area contributed by atoms with Crippen LogP contribution in [-0.2, 0) is 4.74 Å². The van der Waals surface area contributed by atoms with Gasteiger partial charge in [-0.3, -0.25) is 0 Å². The van der Waals surface area contributed by atoms with Crippen LogP contribution in [0.3, 0.4) is 0 Å². The second kappa shape index (κ2) is 4.08. The van der Waals surface area contributed by atoms with Crippen LogP contribution in [0, 0.1) is 5.41 Å². The lowest BCUT2D eigenvalue weighted by molar-refractivity contribution is 0.00291. The first-order chi connectivity index (χ1) is 7.53. The van der Waals surface area contributed by atoms with Crippen molar-refractivity contribution in [3.63, 3.8) is 0 Å². The molecule has 0 saturated heterocycles. The SMILES string of the molecule is CN(C[C@@]1(CO)CC1(F)F)C(=O)OC(C)(C)C. The molecule has 100 valence electrons. The van der Waals surface area contributed by atoms with E-state index < -0.39 is 29.6 Å². The van der Waals surface area contributed by atoms with Gasteiger partial charge in [-0.25, -0.2) is 13.6 Å². The molecule has 0 aliphatic heterocycles. The minimum Gasteiger partial charge on any atom is -0.444 e. The molecule has 0 spiro atoms. The number of ether oxygens (including phenoxy) is 1. The van der Waals surface area contributed by atoms with E-state index in [0.717, 1.165) is 4.90 Å². The number of carbonyl (C=O) groups excluding carboxylic acids is 1. The Morgan fingerprint density at radius 2 is 1.94 bits per heavy atom. The van der Waals surface area contributed by atoms with Gasteiger partial charge >= 0.3 is 6.09 Å². The Hall–Kier alpha value is -0.910. The quantitative estimate of drug-likeness (QED) is 0.833. The van der Waals surface area contributed by atoms with Gasteiger partial charge < -0.3 is 14.7 Å². The number of carbonyl (C=O) groups is 1. The minimum atomic E-state index is -2.89. The van der Waals surface area contributed by atoms with E-state index >= 15 is 0 Å². The molecule has 1 amide bonds. The summed E-state index contributed by atoms with van der Waals surface area (Å²) in [6.07, 6.45) is -1.04. The number of hydrogen-bond donors (Lipinski definition) is 1. The summed E-state index contributed by atoms with van der Waals surface area (Å²) in [4.78, 5) is 12.7. The van der Waals surface area contributed by atoms with Gasteiger partial charge in [-0.15, -0.1) is 0 Å². The number of alkyl halides is 2. The minimum absolute atomic E-state index is 0.203. The lowest BCUT2D eigenvalue weighted by atomic mass is 10.1. The number of nitrogens with zero attached hydrogens (tertiary/aromatic N) is 1. The molecule has 0 aromatic heterocycles. The first-order valence-corrected chi connectivity index (χ1v) is 5.46. The number of hydrogen-bond acceptors (Lipinski definition) is 3. The first-order valence-electron chi connectivity index (χ1n) is 5.46. The van der Waals surface area contributed by atoms with Gasteiger partial charge in [0.05, 0.1) is 12.0 Å². The van der Waals surface area contributed by atoms with Crippen LogP contribution < -0.4 is 0 Å². The molecule has 1 N–H and O–H groups in total. The van der Waals surface area contributed by atoms with E-state index in [0.29, 0.717) is 0 Å². The fraction of sp³-hybridized carbons (Fsp3) is 0.909. The van der Waals surface area contributed by atoms with E-state index in [2.05, 4.69) is 0 Å². The Morgan fingerprint density at radius 1 is 1.47 bits per heavy atom. The number of rotatable bonds is 3. The van der Waals surface area contributed by atoms with Crippen molar-refractivity contribution in [2.24, 2.45) is 5.41 Å². The monoisotopic (exact) mass is 251 g/mol. The highest BCUT2D eigenvalue weighted by atomic mass is 19.3. The third-order valence-corrected chi connectivity index (χ3v) is 2.76. The Labute approximate surface area is 99.5 Å². The maximum absolute atomic E-state index is 13.1. The molecule has 1 atom stereocenters.